The van der Waals surface area contributed by atoms with Gasteiger partial charge in [-0.25, -0.2) is 13.2 Å². The molecule has 2 aromatic rings. The van der Waals surface area contributed by atoms with E-state index in [1.807, 2.05) is 38.1 Å². The Labute approximate surface area is 214 Å². The van der Waals surface area contributed by atoms with Gasteiger partial charge in [-0.3, -0.25) is 0 Å². The first-order valence-corrected chi connectivity index (χ1v) is 14.6. The molecule has 0 aromatic heterocycles. The minimum Gasteiger partial charge on any atom is -0.462 e. The van der Waals surface area contributed by atoms with E-state index in [2.05, 4.69) is 16.8 Å². The maximum Gasteiger partial charge on any atom is 0.333 e. The number of thioether (sulfide) groups is 1. The third-order valence-corrected chi connectivity index (χ3v) is 8.50. The lowest BCUT2D eigenvalue weighted by Gasteiger charge is -2.09. The third-order valence-electron chi connectivity index (χ3n) is 5.40. The standard InChI is InChI=1S/C27H36N2O4S2/c1-5-22(4)20-35(31,32)26-16-12-24(13-17-26)29-28-23-10-14-25(15-11-23)34-19-9-7-6-8-18-33-27(30)21(2)3/h10-17,22H,2,5-9,18-20H2,1,3-4H3. The number of carbonyl (C=O) groups excluding carboxylic acids is 1. The number of esters is 1. The Morgan fingerprint density at radius 3 is 2.11 bits per heavy atom. The van der Waals surface area contributed by atoms with Crippen molar-refractivity contribution in [3.8, 4) is 0 Å². The van der Waals surface area contributed by atoms with Crippen LogP contribution in [-0.2, 0) is 19.4 Å². The average Bonchev–Trinajstić information content (AvgIpc) is 2.84. The van der Waals surface area contributed by atoms with Crippen LogP contribution in [0.4, 0.5) is 11.4 Å². The fraction of sp³-hybridized carbons (Fsp3) is 0.444. The molecular weight excluding hydrogens is 480 g/mol. The Morgan fingerprint density at radius 2 is 1.54 bits per heavy atom. The minimum atomic E-state index is -3.28. The fourth-order valence-electron chi connectivity index (χ4n) is 3.07. The summed E-state index contributed by atoms with van der Waals surface area (Å²) in [5.74, 6) is 0.996. The summed E-state index contributed by atoms with van der Waals surface area (Å²) in [5.41, 5.74) is 1.79. The second kappa shape index (κ2) is 14.8. The van der Waals surface area contributed by atoms with E-state index < -0.39 is 9.84 Å². The van der Waals surface area contributed by atoms with E-state index in [0.29, 0.717) is 22.8 Å². The summed E-state index contributed by atoms with van der Waals surface area (Å²) >= 11 is 1.80. The van der Waals surface area contributed by atoms with Crippen LogP contribution in [0.25, 0.3) is 0 Å². The summed E-state index contributed by atoms with van der Waals surface area (Å²) in [6.45, 7) is 9.61. The average molecular weight is 517 g/mol. The molecule has 0 fully saturated rings. The van der Waals surface area contributed by atoms with Crippen LogP contribution in [0.5, 0.6) is 0 Å². The molecule has 0 aliphatic heterocycles. The second-order valence-corrected chi connectivity index (χ2v) is 11.9. The van der Waals surface area contributed by atoms with E-state index >= 15 is 0 Å². The van der Waals surface area contributed by atoms with Crippen LogP contribution in [0.1, 0.15) is 52.9 Å². The fourth-order valence-corrected chi connectivity index (χ4v) is 5.71. The van der Waals surface area contributed by atoms with Gasteiger partial charge in [-0.15, -0.1) is 11.8 Å². The van der Waals surface area contributed by atoms with Crippen molar-refractivity contribution in [1.82, 2.24) is 0 Å². The van der Waals surface area contributed by atoms with Crippen LogP contribution in [0, 0.1) is 5.92 Å². The van der Waals surface area contributed by atoms with Crippen LogP contribution in [0.15, 0.2) is 80.7 Å². The number of benzene rings is 2. The SMILES string of the molecule is C=C(C)C(=O)OCCCCCCSc1ccc(N=Nc2ccc(S(=O)(=O)CC(C)CC)cc2)cc1. The number of hydrogen-bond donors (Lipinski definition) is 0. The van der Waals surface area contributed by atoms with E-state index in [4.69, 9.17) is 4.74 Å². The topological polar surface area (TPSA) is 85.2 Å². The highest BCUT2D eigenvalue weighted by Gasteiger charge is 2.17. The molecule has 1 atom stereocenters. The number of azo groups is 1. The molecule has 0 aliphatic carbocycles. The Kier molecular flexibility index (Phi) is 12.2. The third kappa shape index (κ3) is 10.8. The summed E-state index contributed by atoms with van der Waals surface area (Å²) < 4.78 is 30.0. The van der Waals surface area contributed by atoms with Crippen molar-refractivity contribution in [1.29, 1.82) is 0 Å². The molecule has 0 aliphatic rings. The number of ether oxygens (including phenoxy) is 1. The number of carbonyl (C=O) groups is 1. The van der Waals surface area contributed by atoms with Crippen LogP contribution in [-0.4, -0.2) is 32.5 Å². The largest absolute Gasteiger partial charge is 0.462 e. The second-order valence-electron chi connectivity index (χ2n) is 8.66. The molecule has 8 heteroatoms. The highest BCUT2D eigenvalue weighted by molar-refractivity contribution is 7.99. The lowest BCUT2D eigenvalue weighted by atomic mass is 10.2. The molecule has 0 amide bonds. The summed E-state index contributed by atoms with van der Waals surface area (Å²) in [6.07, 6.45) is 4.94. The molecule has 2 rings (SSSR count). The predicted octanol–water partition coefficient (Wildman–Crippen LogP) is 7.69. The zero-order chi connectivity index (χ0) is 25.7. The van der Waals surface area contributed by atoms with Gasteiger partial charge in [0.05, 0.1) is 28.6 Å². The van der Waals surface area contributed by atoms with Gasteiger partial charge in [-0.2, -0.15) is 10.2 Å². The molecule has 0 saturated carbocycles. The maximum atomic E-state index is 12.4. The molecule has 6 nitrogen and oxygen atoms in total. The molecule has 2 aromatic carbocycles. The monoisotopic (exact) mass is 516 g/mol. The van der Waals surface area contributed by atoms with E-state index in [1.165, 1.54) is 4.90 Å². The summed E-state index contributed by atoms with van der Waals surface area (Å²) in [4.78, 5) is 12.8. The van der Waals surface area contributed by atoms with Gasteiger partial charge in [-0.1, -0.05) is 39.7 Å². The van der Waals surface area contributed by atoms with Gasteiger partial charge in [0.1, 0.15) is 0 Å². The molecule has 0 saturated heterocycles. The van der Waals surface area contributed by atoms with Crippen LogP contribution in [0.3, 0.4) is 0 Å². The number of hydrogen-bond acceptors (Lipinski definition) is 7. The highest BCUT2D eigenvalue weighted by atomic mass is 32.2. The van der Waals surface area contributed by atoms with Gasteiger partial charge in [0.2, 0.25) is 0 Å². The quantitative estimate of drug-likeness (QED) is 0.0796. The van der Waals surface area contributed by atoms with Gasteiger partial charge >= 0.3 is 5.97 Å². The molecule has 0 spiro atoms. The number of unbranched alkanes of at least 4 members (excludes halogenated alkanes) is 3. The van der Waals surface area contributed by atoms with E-state index in [0.717, 1.165) is 43.5 Å². The van der Waals surface area contributed by atoms with Crippen molar-refractivity contribution >= 4 is 38.9 Å². The van der Waals surface area contributed by atoms with Crippen molar-refractivity contribution in [2.24, 2.45) is 16.1 Å². The van der Waals surface area contributed by atoms with Crippen molar-refractivity contribution in [3.05, 3.63) is 60.7 Å². The smallest absolute Gasteiger partial charge is 0.333 e. The summed E-state index contributed by atoms with van der Waals surface area (Å²) in [5, 5.41) is 8.48. The Hall–Kier alpha value is -2.45. The lowest BCUT2D eigenvalue weighted by Crippen LogP contribution is -2.13. The molecule has 35 heavy (non-hydrogen) atoms. The predicted molar refractivity (Wildman–Crippen MR) is 144 cm³/mol. The molecule has 0 radical (unpaired) electrons. The van der Waals surface area contributed by atoms with Crippen molar-refractivity contribution in [2.75, 3.05) is 18.1 Å². The van der Waals surface area contributed by atoms with Crippen molar-refractivity contribution in [3.63, 3.8) is 0 Å². The van der Waals surface area contributed by atoms with Gasteiger partial charge in [0.25, 0.3) is 0 Å². The Morgan fingerprint density at radius 1 is 0.971 bits per heavy atom. The molecule has 0 bridgehead atoms. The summed E-state index contributed by atoms with van der Waals surface area (Å²) in [7, 11) is -3.28. The summed E-state index contributed by atoms with van der Waals surface area (Å²) in [6, 6.07) is 14.5. The van der Waals surface area contributed by atoms with E-state index in [9.17, 15) is 13.2 Å². The number of nitrogens with zero attached hydrogens (tertiary/aromatic N) is 2. The number of rotatable bonds is 15. The zero-order valence-corrected chi connectivity index (χ0v) is 22.5. The van der Waals surface area contributed by atoms with Crippen molar-refractivity contribution in [2.45, 2.75) is 62.7 Å². The lowest BCUT2D eigenvalue weighted by molar-refractivity contribution is -0.139. The Bertz CT molecular complexity index is 1080. The van der Waals surface area contributed by atoms with Crippen LogP contribution in [0.2, 0.25) is 0 Å². The first kappa shape index (κ1) is 28.8. The van der Waals surface area contributed by atoms with Gasteiger partial charge in [-0.05, 0) is 80.0 Å². The van der Waals surface area contributed by atoms with Crippen molar-refractivity contribution < 1.29 is 17.9 Å². The molecule has 0 N–H and O–H groups in total. The van der Waals surface area contributed by atoms with Gasteiger partial charge in [0.15, 0.2) is 9.84 Å². The molecular formula is C27H36N2O4S2. The normalized spacial score (nSPS) is 12.5. The minimum absolute atomic E-state index is 0.130. The first-order chi connectivity index (χ1) is 16.7. The maximum absolute atomic E-state index is 12.4. The number of sulfone groups is 1. The van der Waals surface area contributed by atoms with Crippen LogP contribution >= 0.6 is 11.8 Å². The first-order valence-electron chi connectivity index (χ1n) is 12.0. The molecule has 190 valence electrons. The van der Waals surface area contributed by atoms with E-state index in [1.54, 1.807) is 43.0 Å². The zero-order valence-electron chi connectivity index (χ0n) is 20.9. The van der Waals surface area contributed by atoms with Gasteiger partial charge < -0.3 is 4.74 Å². The molecule has 0 heterocycles. The molecule has 1 unspecified atom stereocenters. The van der Waals surface area contributed by atoms with Gasteiger partial charge in [0, 0.05) is 10.5 Å². The van der Waals surface area contributed by atoms with Crippen LogP contribution < -0.4 is 0 Å². The Balaban J connectivity index is 1.72. The van der Waals surface area contributed by atoms with E-state index in [-0.39, 0.29) is 17.6 Å². The highest BCUT2D eigenvalue weighted by Crippen LogP contribution is 2.25.